The molecule has 1 atom stereocenters. The minimum Gasteiger partial charge on any atom is -0.382 e. The molecular formula is C24H22ClN7O2. The predicted octanol–water partition coefficient (Wildman–Crippen LogP) is 3.27. The maximum Gasteiger partial charge on any atom is 0.273 e. The second-order valence-corrected chi connectivity index (χ2v) is 8.70. The summed E-state index contributed by atoms with van der Waals surface area (Å²) < 4.78 is 0. The van der Waals surface area contributed by atoms with Crippen LogP contribution in [0.4, 0.5) is 5.82 Å². The molecule has 0 bridgehead atoms. The molecule has 172 valence electrons. The number of rotatable bonds is 4. The Kier molecular flexibility index (Phi) is 5.62. The van der Waals surface area contributed by atoms with Gasteiger partial charge in [0.1, 0.15) is 0 Å². The van der Waals surface area contributed by atoms with Crippen molar-refractivity contribution in [3.05, 3.63) is 59.4 Å². The zero-order valence-electron chi connectivity index (χ0n) is 18.4. The highest BCUT2D eigenvalue weighted by Gasteiger charge is 2.27. The van der Waals surface area contributed by atoms with E-state index in [0.29, 0.717) is 40.5 Å². The fraction of sp³-hybridized carbons (Fsp3) is 0.208. The van der Waals surface area contributed by atoms with E-state index in [1.807, 2.05) is 36.4 Å². The number of nitrogens with two attached hydrogens (primary N) is 1. The van der Waals surface area contributed by atoms with Crippen molar-refractivity contribution in [1.82, 2.24) is 30.4 Å². The standard InChI is InChI=1S/C24H22ClN7O2/c1-32-8-7-16(11-18(32)33)28-24(34)22-23(26)30-20(13-5-3-2-4-6-13)21(29-22)14-9-15-12-27-31-19(15)17(25)10-14/h2-6,9-10,12,16H,7-8,11H2,1H3,(H2,26,30)(H,27,31)(H,28,34). The first kappa shape index (κ1) is 21.8. The molecule has 4 aromatic rings. The van der Waals surface area contributed by atoms with Gasteiger partial charge in [-0.05, 0) is 18.6 Å². The number of carbonyl (C=O) groups is 2. The Morgan fingerprint density at radius 3 is 2.71 bits per heavy atom. The largest absolute Gasteiger partial charge is 0.382 e. The van der Waals surface area contributed by atoms with Crippen LogP contribution < -0.4 is 11.1 Å². The van der Waals surface area contributed by atoms with Crippen LogP contribution in [0.15, 0.2) is 48.7 Å². The molecule has 10 heteroatoms. The van der Waals surface area contributed by atoms with E-state index in [1.54, 1.807) is 24.2 Å². The molecular weight excluding hydrogens is 454 g/mol. The molecule has 2 aromatic heterocycles. The van der Waals surface area contributed by atoms with Crippen molar-refractivity contribution in [3.8, 4) is 22.5 Å². The van der Waals surface area contributed by atoms with E-state index >= 15 is 0 Å². The number of aromatic nitrogens is 4. The maximum atomic E-state index is 13.1. The van der Waals surface area contributed by atoms with Gasteiger partial charge < -0.3 is 16.0 Å². The fourth-order valence-electron chi connectivity index (χ4n) is 4.08. The minimum atomic E-state index is -0.469. The lowest BCUT2D eigenvalue weighted by molar-refractivity contribution is -0.132. The summed E-state index contributed by atoms with van der Waals surface area (Å²) in [5.41, 5.74) is 9.40. The Morgan fingerprint density at radius 2 is 1.94 bits per heavy atom. The van der Waals surface area contributed by atoms with Crippen LogP contribution in [0.2, 0.25) is 5.02 Å². The first-order chi connectivity index (χ1) is 16.4. The number of aromatic amines is 1. The van der Waals surface area contributed by atoms with Crippen LogP contribution in [0.25, 0.3) is 33.4 Å². The maximum absolute atomic E-state index is 13.1. The van der Waals surface area contributed by atoms with Gasteiger partial charge in [0, 0.05) is 42.6 Å². The molecule has 1 unspecified atom stereocenters. The van der Waals surface area contributed by atoms with E-state index in [9.17, 15) is 9.59 Å². The van der Waals surface area contributed by atoms with Crippen LogP contribution in [0.3, 0.4) is 0 Å². The summed E-state index contributed by atoms with van der Waals surface area (Å²) in [7, 11) is 1.75. The van der Waals surface area contributed by atoms with Crippen molar-refractivity contribution < 1.29 is 9.59 Å². The highest BCUT2D eigenvalue weighted by Crippen LogP contribution is 2.34. The third-order valence-electron chi connectivity index (χ3n) is 5.95. The smallest absolute Gasteiger partial charge is 0.273 e. The van der Waals surface area contributed by atoms with E-state index in [1.165, 1.54) is 0 Å². The Balaban J connectivity index is 1.59. The topological polar surface area (TPSA) is 130 Å². The van der Waals surface area contributed by atoms with Gasteiger partial charge in [-0.15, -0.1) is 0 Å². The van der Waals surface area contributed by atoms with Gasteiger partial charge in [-0.2, -0.15) is 5.10 Å². The fourth-order valence-corrected chi connectivity index (χ4v) is 4.35. The molecule has 2 amide bonds. The van der Waals surface area contributed by atoms with Gasteiger partial charge >= 0.3 is 0 Å². The van der Waals surface area contributed by atoms with Gasteiger partial charge in [0.05, 0.1) is 28.1 Å². The van der Waals surface area contributed by atoms with Gasteiger partial charge in [-0.1, -0.05) is 41.9 Å². The zero-order valence-corrected chi connectivity index (χ0v) is 19.1. The average Bonchev–Trinajstić information content (AvgIpc) is 3.31. The number of piperidine rings is 1. The molecule has 0 radical (unpaired) electrons. The highest BCUT2D eigenvalue weighted by molar-refractivity contribution is 6.35. The third kappa shape index (κ3) is 4.06. The molecule has 1 aliphatic heterocycles. The number of anilines is 1. The number of benzene rings is 2. The SMILES string of the molecule is CN1CCC(NC(=O)c2nc(-c3cc(Cl)c4[nH]ncc4c3)c(-c3ccccc3)nc2N)CC1=O. The number of hydrogen-bond acceptors (Lipinski definition) is 6. The normalized spacial score (nSPS) is 16.1. The molecule has 2 aromatic carbocycles. The van der Waals surface area contributed by atoms with Gasteiger partial charge in [-0.3, -0.25) is 14.7 Å². The average molecular weight is 476 g/mol. The van der Waals surface area contributed by atoms with Crippen LogP contribution in [-0.2, 0) is 4.79 Å². The van der Waals surface area contributed by atoms with Crippen molar-refractivity contribution in [2.75, 3.05) is 19.3 Å². The van der Waals surface area contributed by atoms with Gasteiger partial charge in [-0.25, -0.2) is 9.97 Å². The molecule has 0 saturated carbocycles. The van der Waals surface area contributed by atoms with Crippen molar-refractivity contribution in [2.24, 2.45) is 0 Å². The van der Waals surface area contributed by atoms with Crippen molar-refractivity contribution in [2.45, 2.75) is 18.9 Å². The summed E-state index contributed by atoms with van der Waals surface area (Å²) in [4.78, 5) is 36.1. The number of nitrogens with one attached hydrogen (secondary N) is 2. The highest BCUT2D eigenvalue weighted by atomic mass is 35.5. The van der Waals surface area contributed by atoms with E-state index < -0.39 is 5.91 Å². The van der Waals surface area contributed by atoms with E-state index in [0.717, 1.165) is 10.9 Å². The summed E-state index contributed by atoms with van der Waals surface area (Å²) in [6, 6.07) is 12.8. The van der Waals surface area contributed by atoms with Gasteiger partial charge in [0.2, 0.25) is 5.91 Å². The zero-order chi connectivity index (χ0) is 23.8. The summed E-state index contributed by atoms with van der Waals surface area (Å²) >= 11 is 6.48. The lowest BCUT2D eigenvalue weighted by atomic mass is 10.0. The van der Waals surface area contributed by atoms with E-state index in [2.05, 4.69) is 25.5 Å². The molecule has 9 nitrogen and oxygen atoms in total. The first-order valence-corrected chi connectivity index (χ1v) is 11.2. The number of amides is 2. The lowest BCUT2D eigenvalue weighted by Crippen LogP contribution is -2.46. The molecule has 1 fully saturated rings. The number of fused-ring (bicyclic) bond motifs is 1. The summed E-state index contributed by atoms with van der Waals surface area (Å²) in [6.07, 6.45) is 2.56. The van der Waals surface area contributed by atoms with Crippen molar-refractivity contribution in [3.63, 3.8) is 0 Å². The van der Waals surface area contributed by atoms with Crippen LogP contribution in [0.5, 0.6) is 0 Å². The number of nitrogen functional groups attached to an aromatic ring is 1. The number of hydrogen-bond donors (Lipinski definition) is 3. The Labute approximate surface area is 200 Å². The van der Waals surface area contributed by atoms with Gasteiger partial charge in [0.25, 0.3) is 5.91 Å². The molecule has 1 aliphatic rings. The predicted molar refractivity (Wildman–Crippen MR) is 130 cm³/mol. The van der Waals surface area contributed by atoms with Crippen LogP contribution in [0, 0.1) is 0 Å². The molecule has 5 rings (SSSR count). The van der Waals surface area contributed by atoms with E-state index in [4.69, 9.17) is 17.3 Å². The molecule has 3 heterocycles. The van der Waals surface area contributed by atoms with Crippen LogP contribution in [0.1, 0.15) is 23.3 Å². The summed E-state index contributed by atoms with van der Waals surface area (Å²) in [5.74, 6) is -0.475. The second-order valence-electron chi connectivity index (χ2n) is 8.29. The Bertz CT molecular complexity index is 1400. The quantitative estimate of drug-likeness (QED) is 0.415. The number of H-pyrrole nitrogens is 1. The minimum absolute atomic E-state index is 0.00414. The van der Waals surface area contributed by atoms with Gasteiger partial charge in [0.15, 0.2) is 11.5 Å². The number of halogens is 1. The van der Waals surface area contributed by atoms with Crippen molar-refractivity contribution in [1.29, 1.82) is 0 Å². The molecule has 34 heavy (non-hydrogen) atoms. The number of likely N-dealkylation sites (tertiary alicyclic amines) is 1. The molecule has 4 N–H and O–H groups in total. The number of nitrogens with zero attached hydrogens (tertiary/aromatic N) is 4. The Morgan fingerprint density at radius 1 is 1.18 bits per heavy atom. The Hall–Kier alpha value is -3.98. The lowest BCUT2D eigenvalue weighted by Gasteiger charge is -2.29. The first-order valence-electron chi connectivity index (χ1n) is 10.8. The van der Waals surface area contributed by atoms with Crippen molar-refractivity contribution >= 4 is 40.1 Å². The summed E-state index contributed by atoms with van der Waals surface area (Å²) in [6.45, 7) is 0.576. The third-order valence-corrected chi connectivity index (χ3v) is 6.25. The molecule has 1 saturated heterocycles. The second kappa shape index (κ2) is 8.75. The van der Waals surface area contributed by atoms with Crippen LogP contribution in [-0.4, -0.2) is 56.5 Å². The molecule has 0 aliphatic carbocycles. The van der Waals surface area contributed by atoms with Crippen LogP contribution >= 0.6 is 11.6 Å². The monoisotopic (exact) mass is 475 g/mol. The summed E-state index contributed by atoms with van der Waals surface area (Å²) in [5, 5.41) is 11.1. The number of carbonyl (C=O) groups excluding carboxylic acids is 2. The van der Waals surface area contributed by atoms with E-state index in [-0.39, 0.29) is 29.9 Å². The molecule has 0 spiro atoms.